The van der Waals surface area contributed by atoms with Gasteiger partial charge < -0.3 is 4.90 Å². The van der Waals surface area contributed by atoms with Gasteiger partial charge in [-0.15, -0.1) is 5.10 Å². The molecule has 0 aromatic carbocycles. The highest BCUT2D eigenvalue weighted by Gasteiger charge is 2.17. The molecule has 1 aromatic rings. The Labute approximate surface area is 112 Å². The van der Waals surface area contributed by atoms with Crippen molar-refractivity contribution in [1.82, 2.24) is 20.1 Å². The number of hydrogen-bond acceptors (Lipinski definition) is 4. The number of amides is 1. The van der Waals surface area contributed by atoms with E-state index in [-0.39, 0.29) is 5.91 Å². The first-order chi connectivity index (χ1) is 8.79. The van der Waals surface area contributed by atoms with Crippen LogP contribution < -0.4 is 0 Å². The van der Waals surface area contributed by atoms with Crippen LogP contribution in [0.25, 0.3) is 0 Å². The molecule has 0 bridgehead atoms. The van der Waals surface area contributed by atoms with E-state index in [1.165, 1.54) is 18.2 Å². The molecule has 0 saturated carbocycles. The number of rotatable bonds is 5. The number of H-pyrrole nitrogens is 1. The van der Waals surface area contributed by atoms with Crippen molar-refractivity contribution in [3.8, 4) is 0 Å². The predicted octanol–water partition coefficient (Wildman–Crippen LogP) is 1.86. The first-order valence-electron chi connectivity index (χ1n) is 6.61. The highest BCUT2D eigenvalue weighted by molar-refractivity contribution is 7.99. The van der Waals surface area contributed by atoms with Crippen LogP contribution in [0.3, 0.4) is 0 Å². The molecular weight excluding hydrogens is 248 g/mol. The van der Waals surface area contributed by atoms with Crippen LogP contribution in [0.5, 0.6) is 0 Å². The van der Waals surface area contributed by atoms with E-state index in [9.17, 15) is 4.79 Å². The smallest absolute Gasteiger partial charge is 0.233 e. The van der Waals surface area contributed by atoms with Gasteiger partial charge in [-0.2, -0.15) is 0 Å². The van der Waals surface area contributed by atoms with Gasteiger partial charge in [0.2, 0.25) is 11.1 Å². The Bertz CT molecular complexity index is 387. The SMILES string of the molecule is CCCc1nc(SCC(=O)N2CCCCC2)n[nH]1. The molecule has 1 aliphatic rings. The minimum atomic E-state index is 0.210. The van der Waals surface area contributed by atoms with E-state index in [1.54, 1.807) is 0 Å². The van der Waals surface area contributed by atoms with Crippen LogP contribution in [0.2, 0.25) is 0 Å². The third kappa shape index (κ3) is 3.73. The highest BCUT2D eigenvalue weighted by Crippen LogP contribution is 2.16. The first kappa shape index (κ1) is 13.4. The zero-order valence-electron chi connectivity index (χ0n) is 10.8. The van der Waals surface area contributed by atoms with E-state index in [4.69, 9.17) is 0 Å². The van der Waals surface area contributed by atoms with Gasteiger partial charge >= 0.3 is 0 Å². The predicted molar refractivity (Wildman–Crippen MR) is 71.5 cm³/mol. The van der Waals surface area contributed by atoms with Crippen LogP contribution in [0.15, 0.2) is 5.16 Å². The average molecular weight is 268 g/mol. The van der Waals surface area contributed by atoms with Gasteiger partial charge in [-0.3, -0.25) is 9.89 Å². The van der Waals surface area contributed by atoms with E-state index in [2.05, 4.69) is 22.1 Å². The van der Waals surface area contributed by atoms with Crippen molar-refractivity contribution in [3.05, 3.63) is 5.82 Å². The van der Waals surface area contributed by atoms with Gasteiger partial charge in [0.1, 0.15) is 5.82 Å². The number of aromatic nitrogens is 3. The molecule has 2 heterocycles. The Morgan fingerprint density at radius 3 is 2.89 bits per heavy atom. The summed E-state index contributed by atoms with van der Waals surface area (Å²) in [6, 6.07) is 0. The van der Waals surface area contributed by atoms with Gasteiger partial charge in [0.05, 0.1) is 5.75 Å². The Morgan fingerprint density at radius 2 is 2.17 bits per heavy atom. The Hall–Kier alpha value is -1.04. The zero-order valence-corrected chi connectivity index (χ0v) is 11.6. The molecule has 6 heteroatoms. The molecule has 0 atom stereocenters. The molecule has 5 nitrogen and oxygen atoms in total. The van der Waals surface area contributed by atoms with Crippen molar-refractivity contribution in [2.75, 3.05) is 18.8 Å². The number of thioether (sulfide) groups is 1. The maximum Gasteiger partial charge on any atom is 0.233 e. The van der Waals surface area contributed by atoms with Crippen molar-refractivity contribution in [1.29, 1.82) is 0 Å². The molecule has 18 heavy (non-hydrogen) atoms. The second-order valence-corrected chi connectivity index (χ2v) is 5.49. The van der Waals surface area contributed by atoms with Gasteiger partial charge in [0.15, 0.2) is 0 Å². The number of hydrogen-bond donors (Lipinski definition) is 1. The number of aromatic amines is 1. The van der Waals surface area contributed by atoms with Gasteiger partial charge in [-0.1, -0.05) is 18.7 Å². The lowest BCUT2D eigenvalue weighted by molar-refractivity contribution is -0.129. The molecule has 2 rings (SSSR count). The van der Waals surface area contributed by atoms with Crippen molar-refractivity contribution in [2.24, 2.45) is 0 Å². The summed E-state index contributed by atoms with van der Waals surface area (Å²) in [5.74, 6) is 1.57. The number of piperidine rings is 1. The van der Waals surface area contributed by atoms with E-state index < -0.39 is 0 Å². The molecule has 1 saturated heterocycles. The summed E-state index contributed by atoms with van der Waals surface area (Å²) in [6.07, 6.45) is 5.48. The molecule has 1 N–H and O–H groups in total. The number of carbonyl (C=O) groups excluding carboxylic acids is 1. The number of likely N-dealkylation sites (tertiary alicyclic amines) is 1. The maximum atomic E-state index is 11.9. The summed E-state index contributed by atoms with van der Waals surface area (Å²) in [6.45, 7) is 3.93. The monoisotopic (exact) mass is 268 g/mol. The number of nitrogens with one attached hydrogen (secondary N) is 1. The molecule has 0 aliphatic carbocycles. The van der Waals surface area contributed by atoms with E-state index in [0.717, 1.165) is 44.6 Å². The molecule has 0 spiro atoms. The topological polar surface area (TPSA) is 61.9 Å². The van der Waals surface area contributed by atoms with Gasteiger partial charge in [-0.25, -0.2) is 4.98 Å². The summed E-state index contributed by atoms with van der Waals surface area (Å²) in [4.78, 5) is 18.2. The fraction of sp³-hybridized carbons (Fsp3) is 0.750. The fourth-order valence-corrected chi connectivity index (χ4v) is 2.77. The minimum absolute atomic E-state index is 0.210. The third-order valence-electron chi connectivity index (χ3n) is 3.03. The first-order valence-corrected chi connectivity index (χ1v) is 7.60. The number of carbonyl (C=O) groups is 1. The average Bonchev–Trinajstić information content (AvgIpc) is 2.85. The molecule has 1 amide bonds. The van der Waals surface area contributed by atoms with Crippen LogP contribution in [-0.2, 0) is 11.2 Å². The normalized spacial score (nSPS) is 15.9. The summed E-state index contributed by atoms with van der Waals surface area (Å²) < 4.78 is 0. The van der Waals surface area contributed by atoms with E-state index >= 15 is 0 Å². The second kappa shape index (κ2) is 6.78. The van der Waals surface area contributed by atoms with Crippen LogP contribution in [-0.4, -0.2) is 44.8 Å². The van der Waals surface area contributed by atoms with Gasteiger partial charge in [0.25, 0.3) is 0 Å². The fourth-order valence-electron chi connectivity index (χ4n) is 2.05. The van der Waals surface area contributed by atoms with Gasteiger partial charge in [0, 0.05) is 19.5 Å². The van der Waals surface area contributed by atoms with Gasteiger partial charge in [-0.05, 0) is 25.7 Å². The van der Waals surface area contributed by atoms with Crippen LogP contribution in [0, 0.1) is 0 Å². The summed E-state index contributed by atoms with van der Waals surface area (Å²) >= 11 is 1.42. The van der Waals surface area contributed by atoms with Crippen molar-refractivity contribution >= 4 is 17.7 Å². The van der Waals surface area contributed by atoms with Crippen LogP contribution in [0.1, 0.15) is 38.4 Å². The Morgan fingerprint density at radius 1 is 1.39 bits per heavy atom. The molecule has 1 fully saturated rings. The lowest BCUT2D eigenvalue weighted by Gasteiger charge is -2.26. The highest BCUT2D eigenvalue weighted by atomic mass is 32.2. The minimum Gasteiger partial charge on any atom is -0.342 e. The van der Waals surface area contributed by atoms with Crippen molar-refractivity contribution < 1.29 is 4.79 Å². The van der Waals surface area contributed by atoms with Crippen LogP contribution >= 0.6 is 11.8 Å². The quantitative estimate of drug-likeness (QED) is 0.828. The number of nitrogens with zero attached hydrogens (tertiary/aromatic N) is 3. The lowest BCUT2D eigenvalue weighted by atomic mass is 10.1. The zero-order chi connectivity index (χ0) is 12.8. The Kier molecular flexibility index (Phi) is 5.04. The van der Waals surface area contributed by atoms with E-state index in [1.807, 2.05) is 4.90 Å². The second-order valence-electron chi connectivity index (χ2n) is 4.54. The maximum absolute atomic E-state index is 11.9. The molecule has 0 unspecified atom stereocenters. The third-order valence-corrected chi connectivity index (χ3v) is 3.86. The Balaban J connectivity index is 1.77. The van der Waals surface area contributed by atoms with Crippen molar-refractivity contribution in [3.63, 3.8) is 0 Å². The molecule has 1 aliphatic heterocycles. The number of aryl methyl sites for hydroxylation is 1. The standard InChI is InChI=1S/C12H20N4OS/c1-2-6-10-13-12(15-14-10)18-9-11(17)16-7-4-3-5-8-16/h2-9H2,1H3,(H,13,14,15). The largest absolute Gasteiger partial charge is 0.342 e. The molecule has 1 aromatic heterocycles. The molecular formula is C12H20N4OS. The van der Waals surface area contributed by atoms with Crippen LogP contribution in [0.4, 0.5) is 0 Å². The molecule has 100 valence electrons. The summed E-state index contributed by atoms with van der Waals surface area (Å²) in [7, 11) is 0. The van der Waals surface area contributed by atoms with E-state index in [0.29, 0.717) is 10.9 Å². The summed E-state index contributed by atoms with van der Waals surface area (Å²) in [5, 5.41) is 7.70. The van der Waals surface area contributed by atoms with Crippen molar-refractivity contribution in [2.45, 2.75) is 44.2 Å². The summed E-state index contributed by atoms with van der Waals surface area (Å²) in [5.41, 5.74) is 0. The molecule has 0 radical (unpaired) electrons. The lowest BCUT2D eigenvalue weighted by Crippen LogP contribution is -2.36.